The van der Waals surface area contributed by atoms with Crippen LogP contribution in [0.25, 0.3) is 0 Å². The lowest BCUT2D eigenvalue weighted by molar-refractivity contribution is 0.0151. The van der Waals surface area contributed by atoms with Crippen LogP contribution in [0.2, 0.25) is 0 Å². The van der Waals surface area contributed by atoms with Gasteiger partial charge in [-0.15, -0.1) is 0 Å². The van der Waals surface area contributed by atoms with Gasteiger partial charge in [-0.3, -0.25) is 0 Å². The molecular weight excluding hydrogens is 238 g/mol. The maximum atomic E-state index is 9.03. The maximum Gasteiger partial charge on any atom is 0.0699 e. The van der Waals surface area contributed by atoms with Gasteiger partial charge in [-0.25, -0.2) is 0 Å². The Hall–Kier alpha value is -0.900. The third-order valence-electron chi connectivity index (χ3n) is 3.72. The van der Waals surface area contributed by atoms with Crippen LogP contribution in [-0.2, 0) is 4.74 Å². The maximum absolute atomic E-state index is 9.03. The van der Waals surface area contributed by atoms with Gasteiger partial charge in [0.25, 0.3) is 0 Å². The molecule has 106 valence electrons. The summed E-state index contributed by atoms with van der Waals surface area (Å²) in [4.78, 5) is 0. The van der Waals surface area contributed by atoms with Crippen molar-refractivity contribution in [1.29, 1.82) is 0 Å². The quantitative estimate of drug-likeness (QED) is 0.794. The second-order valence-electron chi connectivity index (χ2n) is 5.23. The van der Waals surface area contributed by atoms with Crippen molar-refractivity contribution in [3.8, 4) is 0 Å². The van der Waals surface area contributed by atoms with Crippen LogP contribution in [0.3, 0.4) is 0 Å². The van der Waals surface area contributed by atoms with Gasteiger partial charge < -0.3 is 15.2 Å². The van der Waals surface area contributed by atoms with Crippen molar-refractivity contribution in [1.82, 2.24) is 5.32 Å². The standard InChI is InChI=1S/C16H25NO2/c18-11-6-10-16(14-7-2-1-3-8-14)17-13-15-9-4-5-12-19-15/h1-3,7-8,15-18H,4-6,9-13H2. The highest BCUT2D eigenvalue weighted by atomic mass is 16.5. The zero-order valence-electron chi connectivity index (χ0n) is 11.6. The van der Waals surface area contributed by atoms with Gasteiger partial charge in [0, 0.05) is 25.8 Å². The molecule has 3 heteroatoms. The highest BCUT2D eigenvalue weighted by Gasteiger charge is 2.16. The molecule has 1 heterocycles. The molecule has 1 aliphatic rings. The van der Waals surface area contributed by atoms with E-state index in [1.54, 1.807) is 0 Å². The first-order chi connectivity index (χ1) is 9.40. The number of benzene rings is 1. The molecule has 1 aromatic carbocycles. The van der Waals surface area contributed by atoms with Crippen LogP contribution < -0.4 is 5.32 Å². The van der Waals surface area contributed by atoms with Crippen molar-refractivity contribution in [3.05, 3.63) is 35.9 Å². The van der Waals surface area contributed by atoms with E-state index >= 15 is 0 Å². The van der Waals surface area contributed by atoms with E-state index in [2.05, 4.69) is 29.6 Å². The van der Waals surface area contributed by atoms with Gasteiger partial charge in [0.1, 0.15) is 0 Å². The van der Waals surface area contributed by atoms with Crippen LogP contribution in [0.5, 0.6) is 0 Å². The summed E-state index contributed by atoms with van der Waals surface area (Å²) in [6, 6.07) is 10.8. The van der Waals surface area contributed by atoms with E-state index in [4.69, 9.17) is 9.84 Å². The lowest BCUT2D eigenvalue weighted by atomic mass is 10.0. The fourth-order valence-electron chi connectivity index (χ4n) is 2.61. The molecule has 1 saturated heterocycles. The molecule has 0 spiro atoms. The van der Waals surface area contributed by atoms with Crippen molar-refractivity contribution in [2.45, 2.75) is 44.2 Å². The van der Waals surface area contributed by atoms with E-state index in [1.165, 1.54) is 18.4 Å². The Balaban J connectivity index is 1.86. The fourth-order valence-corrected chi connectivity index (χ4v) is 2.61. The number of aliphatic hydroxyl groups excluding tert-OH is 1. The van der Waals surface area contributed by atoms with Gasteiger partial charge in [0.15, 0.2) is 0 Å². The molecule has 2 N–H and O–H groups in total. The number of rotatable bonds is 7. The monoisotopic (exact) mass is 263 g/mol. The van der Waals surface area contributed by atoms with Crippen molar-refractivity contribution in [3.63, 3.8) is 0 Å². The molecule has 0 aliphatic carbocycles. The van der Waals surface area contributed by atoms with E-state index < -0.39 is 0 Å². The topological polar surface area (TPSA) is 41.5 Å². The molecule has 0 amide bonds. The molecule has 0 saturated carbocycles. The summed E-state index contributed by atoms with van der Waals surface area (Å²) in [7, 11) is 0. The Morgan fingerprint density at radius 3 is 2.79 bits per heavy atom. The molecule has 2 rings (SSSR count). The van der Waals surface area contributed by atoms with Gasteiger partial charge in [-0.1, -0.05) is 30.3 Å². The second-order valence-corrected chi connectivity index (χ2v) is 5.23. The van der Waals surface area contributed by atoms with Crippen LogP contribution in [0, 0.1) is 0 Å². The molecule has 2 unspecified atom stereocenters. The summed E-state index contributed by atoms with van der Waals surface area (Å²) in [5.74, 6) is 0. The molecule has 0 aromatic heterocycles. The Morgan fingerprint density at radius 2 is 2.11 bits per heavy atom. The number of aliphatic hydroxyl groups is 1. The zero-order chi connectivity index (χ0) is 13.3. The number of ether oxygens (including phenoxy) is 1. The average molecular weight is 263 g/mol. The first-order valence-electron chi connectivity index (χ1n) is 7.41. The summed E-state index contributed by atoms with van der Waals surface area (Å²) >= 11 is 0. The third kappa shape index (κ3) is 4.94. The van der Waals surface area contributed by atoms with Crippen LogP contribution >= 0.6 is 0 Å². The SMILES string of the molecule is OCCCC(NCC1CCCCO1)c1ccccc1. The molecule has 0 bridgehead atoms. The van der Waals surface area contributed by atoms with Crippen LogP contribution in [0.4, 0.5) is 0 Å². The van der Waals surface area contributed by atoms with Crippen molar-refractivity contribution in [2.75, 3.05) is 19.8 Å². The Bertz CT molecular complexity index is 336. The van der Waals surface area contributed by atoms with E-state index in [0.717, 1.165) is 32.4 Å². The number of hydrogen-bond donors (Lipinski definition) is 2. The lowest BCUT2D eigenvalue weighted by Crippen LogP contribution is -2.34. The highest BCUT2D eigenvalue weighted by molar-refractivity contribution is 5.18. The average Bonchev–Trinajstić information content (AvgIpc) is 2.49. The van der Waals surface area contributed by atoms with Crippen molar-refractivity contribution in [2.24, 2.45) is 0 Å². The van der Waals surface area contributed by atoms with Crippen molar-refractivity contribution >= 4 is 0 Å². The molecule has 1 aromatic rings. The Kier molecular flexibility index (Phi) is 6.34. The van der Waals surface area contributed by atoms with Gasteiger partial charge >= 0.3 is 0 Å². The largest absolute Gasteiger partial charge is 0.396 e. The van der Waals surface area contributed by atoms with Crippen LogP contribution in [-0.4, -0.2) is 31.0 Å². The fraction of sp³-hybridized carbons (Fsp3) is 0.625. The first kappa shape index (κ1) is 14.5. The van der Waals surface area contributed by atoms with Gasteiger partial charge in [-0.05, 0) is 37.7 Å². The van der Waals surface area contributed by atoms with Crippen LogP contribution in [0.1, 0.15) is 43.7 Å². The van der Waals surface area contributed by atoms with E-state index in [0.29, 0.717) is 12.1 Å². The van der Waals surface area contributed by atoms with Gasteiger partial charge in [-0.2, -0.15) is 0 Å². The first-order valence-corrected chi connectivity index (χ1v) is 7.41. The minimum atomic E-state index is 0.255. The predicted molar refractivity (Wildman–Crippen MR) is 77.1 cm³/mol. The molecular formula is C16H25NO2. The molecule has 3 nitrogen and oxygen atoms in total. The highest BCUT2D eigenvalue weighted by Crippen LogP contribution is 2.19. The smallest absolute Gasteiger partial charge is 0.0699 e. The lowest BCUT2D eigenvalue weighted by Gasteiger charge is -2.26. The summed E-state index contributed by atoms with van der Waals surface area (Å²) in [6.07, 6.45) is 5.79. The Labute approximate surface area is 116 Å². The van der Waals surface area contributed by atoms with Gasteiger partial charge in [0.2, 0.25) is 0 Å². The van der Waals surface area contributed by atoms with Crippen LogP contribution in [0.15, 0.2) is 30.3 Å². The summed E-state index contributed by atoms with van der Waals surface area (Å²) in [5.41, 5.74) is 1.30. The summed E-state index contributed by atoms with van der Waals surface area (Å²) in [6.45, 7) is 2.06. The molecule has 1 aliphatic heterocycles. The van der Waals surface area contributed by atoms with E-state index in [1.807, 2.05) is 6.07 Å². The third-order valence-corrected chi connectivity index (χ3v) is 3.72. The molecule has 19 heavy (non-hydrogen) atoms. The van der Waals surface area contributed by atoms with Crippen molar-refractivity contribution < 1.29 is 9.84 Å². The summed E-state index contributed by atoms with van der Waals surface area (Å²) in [5, 5.41) is 12.6. The zero-order valence-corrected chi connectivity index (χ0v) is 11.6. The van der Waals surface area contributed by atoms with E-state index in [-0.39, 0.29) is 6.61 Å². The molecule has 0 radical (unpaired) electrons. The minimum absolute atomic E-state index is 0.255. The molecule has 1 fully saturated rings. The van der Waals surface area contributed by atoms with Gasteiger partial charge in [0.05, 0.1) is 6.10 Å². The summed E-state index contributed by atoms with van der Waals surface area (Å²) < 4.78 is 5.76. The predicted octanol–water partition coefficient (Wildman–Crippen LogP) is 2.66. The number of nitrogens with one attached hydrogen (secondary N) is 1. The minimum Gasteiger partial charge on any atom is -0.396 e. The Morgan fingerprint density at radius 1 is 1.26 bits per heavy atom. The molecule has 2 atom stereocenters. The van der Waals surface area contributed by atoms with E-state index in [9.17, 15) is 0 Å². The second kappa shape index (κ2) is 8.31. The normalized spacial score (nSPS) is 21.2. The number of hydrogen-bond acceptors (Lipinski definition) is 3.